The first-order chi connectivity index (χ1) is 10.2. The molecule has 2 aromatic heterocycles. The van der Waals surface area contributed by atoms with Crippen molar-refractivity contribution in [2.45, 2.75) is 6.92 Å². The number of fused-ring (bicyclic) bond motifs is 1. The van der Waals surface area contributed by atoms with E-state index in [2.05, 4.69) is 11.1 Å². The fourth-order valence-electron chi connectivity index (χ4n) is 1.95. The Labute approximate surface area is 125 Å². The predicted octanol–water partition coefficient (Wildman–Crippen LogP) is 3.11. The van der Waals surface area contributed by atoms with Crippen LogP contribution in [-0.4, -0.2) is 22.0 Å². The Balaban J connectivity index is 1.93. The third-order valence-electron chi connectivity index (χ3n) is 2.94. The third kappa shape index (κ3) is 2.51. The Morgan fingerprint density at radius 2 is 2.14 bits per heavy atom. The maximum atomic E-state index is 11.7. The van der Waals surface area contributed by atoms with Crippen molar-refractivity contribution < 1.29 is 9.53 Å². The highest BCUT2D eigenvalue weighted by Gasteiger charge is 2.14. The van der Waals surface area contributed by atoms with Gasteiger partial charge in [0.1, 0.15) is 4.88 Å². The van der Waals surface area contributed by atoms with Crippen molar-refractivity contribution in [3.8, 4) is 17.3 Å². The zero-order valence-corrected chi connectivity index (χ0v) is 12.1. The van der Waals surface area contributed by atoms with E-state index in [1.165, 1.54) is 11.3 Å². The van der Waals surface area contributed by atoms with Crippen molar-refractivity contribution in [2.24, 2.45) is 0 Å². The number of aromatic nitrogens is 2. The van der Waals surface area contributed by atoms with Gasteiger partial charge in [-0.1, -0.05) is 23.5 Å². The summed E-state index contributed by atoms with van der Waals surface area (Å²) >= 11 is 1.29. The van der Waals surface area contributed by atoms with Gasteiger partial charge in [-0.15, -0.1) is 0 Å². The summed E-state index contributed by atoms with van der Waals surface area (Å²) in [5.41, 5.74) is 2.35. The average molecular weight is 297 g/mol. The Bertz CT molecular complexity index is 809. The summed E-state index contributed by atoms with van der Waals surface area (Å²) in [6.07, 6.45) is 3.58. The number of ether oxygens (including phenoxy) is 1. The van der Waals surface area contributed by atoms with Gasteiger partial charge in [-0.25, -0.2) is 9.78 Å². The van der Waals surface area contributed by atoms with E-state index in [4.69, 9.17) is 10.00 Å². The smallest absolute Gasteiger partial charge is 0.349 e. The molecule has 0 atom stereocenters. The van der Waals surface area contributed by atoms with Crippen molar-refractivity contribution in [3.05, 3.63) is 47.1 Å². The molecule has 0 radical (unpaired) electrons. The van der Waals surface area contributed by atoms with E-state index < -0.39 is 0 Å². The topological polar surface area (TPSA) is 67.4 Å². The minimum atomic E-state index is -0.326. The van der Waals surface area contributed by atoms with Crippen molar-refractivity contribution >= 4 is 22.3 Å². The third-order valence-corrected chi connectivity index (χ3v) is 3.92. The molecule has 0 N–H and O–H groups in total. The van der Waals surface area contributed by atoms with Crippen LogP contribution in [0.2, 0.25) is 0 Å². The van der Waals surface area contributed by atoms with Gasteiger partial charge in [-0.05, 0) is 19.1 Å². The van der Waals surface area contributed by atoms with E-state index in [-0.39, 0.29) is 5.97 Å². The SMILES string of the molecule is CCOC(=O)c1cn2cc(-c3ccc(C#N)cc3)nc2s1. The zero-order chi connectivity index (χ0) is 14.8. The predicted molar refractivity (Wildman–Crippen MR) is 79.2 cm³/mol. The van der Waals surface area contributed by atoms with Crippen molar-refractivity contribution in [1.29, 1.82) is 5.26 Å². The second-order valence-corrected chi connectivity index (χ2v) is 5.33. The summed E-state index contributed by atoms with van der Waals surface area (Å²) < 4.78 is 6.78. The summed E-state index contributed by atoms with van der Waals surface area (Å²) in [6.45, 7) is 2.13. The van der Waals surface area contributed by atoms with Gasteiger partial charge in [-0.3, -0.25) is 4.40 Å². The van der Waals surface area contributed by atoms with E-state index >= 15 is 0 Å². The fraction of sp³-hybridized carbons (Fsp3) is 0.133. The van der Waals surface area contributed by atoms with Gasteiger partial charge in [0, 0.05) is 18.0 Å². The van der Waals surface area contributed by atoms with Gasteiger partial charge in [0.2, 0.25) is 0 Å². The van der Waals surface area contributed by atoms with Crippen LogP contribution < -0.4 is 0 Å². The van der Waals surface area contributed by atoms with E-state index in [1.54, 1.807) is 25.3 Å². The lowest BCUT2D eigenvalue weighted by atomic mass is 10.1. The number of hydrogen-bond donors (Lipinski definition) is 0. The maximum absolute atomic E-state index is 11.7. The Hall–Kier alpha value is -2.65. The molecule has 3 rings (SSSR count). The molecule has 0 aliphatic carbocycles. The number of imidazole rings is 1. The highest BCUT2D eigenvalue weighted by Crippen LogP contribution is 2.24. The van der Waals surface area contributed by atoms with Crippen molar-refractivity contribution in [1.82, 2.24) is 9.38 Å². The number of hydrogen-bond acceptors (Lipinski definition) is 5. The van der Waals surface area contributed by atoms with Crippen LogP contribution in [0.15, 0.2) is 36.7 Å². The first kappa shape index (κ1) is 13.3. The first-order valence-electron chi connectivity index (χ1n) is 6.37. The molecule has 0 spiro atoms. The summed E-state index contributed by atoms with van der Waals surface area (Å²) in [5, 5.41) is 8.79. The number of carbonyl (C=O) groups is 1. The van der Waals surface area contributed by atoms with Gasteiger partial charge in [-0.2, -0.15) is 5.26 Å². The molecule has 0 aliphatic heterocycles. The van der Waals surface area contributed by atoms with E-state index in [0.717, 1.165) is 16.2 Å². The van der Waals surface area contributed by atoms with Crippen molar-refractivity contribution in [3.63, 3.8) is 0 Å². The molecule has 5 nitrogen and oxygen atoms in total. The summed E-state index contributed by atoms with van der Waals surface area (Å²) in [7, 11) is 0. The molecule has 0 saturated carbocycles. The number of nitriles is 1. The van der Waals surface area contributed by atoms with E-state index in [1.807, 2.05) is 22.7 Å². The molecule has 0 unspecified atom stereocenters. The second-order valence-electron chi connectivity index (χ2n) is 4.32. The quantitative estimate of drug-likeness (QED) is 0.697. The second kappa shape index (κ2) is 5.38. The molecule has 21 heavy (non-hydrogen) atoms. The highest BCUT2D eigenvalue weighted by atomic mass is 32.1. The molecule has 0 aliphatic rings. The number of esters is 1. The molecule has 0 fully saturated rings. The first-order valence-corrected chi connectivity index (χ1v) is 7.19. The van der Waals surface area contributed by atoms with Crippen molar-refractivity contribution in [2.75, 3.05) is 6.61 Å². The highest BCUT2D eigenvalue weighted by molar-refractivity contribution is 7.18. The van der Waals surface area contributed by atoms with E-state index in [9.17, 15) is 4.79 Å². The van der Waals surface area contributed by atoms with Gasteiger partial charge >= 0.3 is 5.97 Å². The molecule has 0 saturated heterocycles. The molecule has 0 amide bonds. The van der Waals surface area contributed by atoms with Crippen LogP contribution in [0.5, 0.6) is 0 Å². The van der Waals surface area contributed by atoms with Gasteiger partial charge in [0.25, 0.3) is 0 Å². The molecule has 0 bridgehead atoms. The molecule has 3 aromatic rings. The molecule has 6 heteroatoms. The number of carbonyl (C=O) groups excluding carboxylic acids is 1. The molecule has 2 heterocycles. The summed E-state index contributed by atoms with van der Waals surface area (Å²) in [5.74, 6) is -0.326. The van der Waals surface area contributed by atoms with Crippen LogP contribution in [0.25, 0.3) is 16.2 Å². The minimum Gasteiger partial charge on any atom is -0.462 e. The lowest BCUT2D eigenvalue weighted by Gasteiger charge is -1.97. The van der Waals surface area contributed by atoms with Crippen LogP contribution >= 0.6 is 11.3 Å². The molecule has 1 aromatic carbocycles. The van der Waals surface area contributed by atoms with Crippen LogP contribution in [0.4, 0.5) is 0 Å². The number of nitrogens with zero attached hydrogens (tertiary/aromatic N) is 3. The fourth-order valence-corrected chi connectivity index (χ4v) is 2.81. The van der Waals surface area contributed by atoms with Crippen LogP contribution in [0.3, 0.4) is 0 Å². The summed E-state index contributed by atoms with van der Waals surface area (Å²) in [6, 6.07) is 9.31. The Kier molecular flexibility index (Phi) is 3.42. The largest absolute Gasteiger partial charge is 0.462 e. The molecular weight excluding hydrogens is 286 g/mol. The monoisotopic (exact) mass is 297 g/mol. The van der Waals surface area contributed by atoms with Crippen LogP contribution in [0.1, 0.15) is 22.2 Å². The van der Waals surface area contributed by atoms with E-state index in [0.29, 0.717) is 17.0 Å². The van der Waals surface area contributed by atoms with Gasteiger partial charge in [0.15, 0.2) is 4.96 Å². The number of rotatable bonds is 3. The maximum Gasteiger partial charge on any atom is 0.349 e. The molecular formula is C15H11N3O2S. The van der Waals surface area contributed by atoms with Crippen LogP contribution in [0, 0.1) is 11.3 Å². The Morgan fingerprint density at radius 1 is 1.38 bits per heavy atom. The Morgan fingerprint density at radius 3 is 2.76 bits per heavy atom. The number of benzene rings is 1. The standard InChI is InChI=1S/C15H11N3O2S/c1-2-20-14(19)13-9-18-8-12(17-15(18)21-13)11-5-3-10(7-16)4-6-11/h3-6,8-9H,2H2,1H3. The minimum absolute atomic E-state index is 0.326. The summed E-state index contributed by atoms with van der Waals surface area (Å²) in [4.78, 5) is 17.4. The van der Waals surface area contributed by atoms with Gasteiger partial charge in [0.05, 0.1) is 23.9 Å². The zero-order valence-electron chi connectivity index (χ0n) is 11.2. The number of thiazole rings is 1. The average Bonchev–Trinajstić information content (AvgIpc) is 3.06. The van der Waals surface area contributed by atoms with Crippen LogP contribution in [-0.2, 0) is 4.74 Å². The molecule has 104 valence electrons. The van der Waals surface area contributed by atoms with Gasteiger partial charge < -0.3 is 4.74 Å². The lowest BCUT2D eigenvalue weighted by molar-refractivity contribution is 0.0531. The lowest BCUT2D eigenvalue weighted by Crippen LogP contribution is -2.01. The normalized spacial score (nSPS) is 10.5.